The molecule has 3 nitrogen and oxygen atoms in total. The van der Waals surface area contributed by atoms with Crippen LogP contribution in [-0.2, 0) is 0 Å². The third-order valence-electron chi connectivity index (χ3n) is 3.98. The van der Waals surface area contributed by atoms with Gasteiger partial charge in [-0.25, -0.2) is 0 Å². The second kappa shape index (κ2) is 3.91. The zero-order valence-corrected chi connectivity index (χ0v) is 10.1. The molecule has 1 N–H and O–H groups in total. The standard InChI is InChI=1S/C14H18O3/c1-16-10-4-5-13-11(8-10)12(15)9-14(17-13)6-2-3-7-14/h4-5,8,12,15H,2-3,6-7,9H2,1H3/t12-/m1/s1. The van der Waals surface area contributed by atoms with Gasteiger partial charge < -0.3 is 14.6 Å². The molecule has 17 heavy (non-hydrogen) atoms. The number of hydrogen-bond acceptors (Lipinski definition) is 3. The van der Waals surface area contributed by atoms with Crippen molar-refractivity contribution in [3.05, 3.63) is 23.8 Å². The van der Waals surface area contributed by atoms with Gasteiger partial charge in [0, 0.05) is 12.0 Å². The van der Waals surface area contributed by atoms with Gasteiger partial charge in [0.25, 0.3) is 0 Å². The second-order valence-electron chi connectivity index (χ2n) is 5.12. The molecular weight excluding hydrogens is 216 g/mol. The number of hydrogen-bond donors (Lipinski definition) is 1. The molecule has 1 aromatic carbocycles. The van der Waals surface area contributed by atoms with E-state index < -0.39 is 6.10 Å². The first-order valence-corrected chi connectivity index (χ1v) is 6.27. The highest BCUT2D eigenvalue weighted by Gasteiger charge is 2.42. The van der Waals surface area contributed by atoms with E-state index in [0.29, 0.717) is 6.42 Å². The van der Waals surface area contributed by atoms with Crippen LogP contribution >= 0.6 is 0 Å². The Balaban J connectivity index is 1.96. The largest absolute Gasteiger partial charge is 0.497 e. The van der Waals surface area contributed by atoms with E-state index in [1.807, 2.05) is 18.2 Å². The van der Waals surface area contributed by atoms with Crippen molar-refractivity contribution in [3.8, 4) is 11.5 Å². The minimum atomic E-state index is -0.424. The van der Waals surface area contributed by atoms with Crippen molar-refractivity contribution in [2.75, 3.05) is 7.11 Å². The van der Waals surface area contributed by atoms with Crippen LogP contribution in [0.1, 0.15) is 43.8 Å². The van der Waals surface area contributed by atoms with Crippen LogP contribution < -0.4 is 9.47 Å². The lowest BCUT2D eigenvalue weighted by Crippen LogP contribution is -2.38. The first-order valence-electron chi connectivity index (χ1n) is 6.27. The molecule has 1 fully saturated rings. The van der Waals surface area contributed by atoms with Gasteiger partial charge in [0.1, 0.15) is 17.1 Å². The van der Waals surface area contributed by atoms with Crippen LogP contribution in [0, 0.1) is 0 Å². The van der Waals surface area contributed by atoms with Gasteiger partial charge in [0.15, 0.2) is 0 Å². The van der Waals surface area contributed by atoms with Gasteiger partial charge in [0.2, 0.25) is 0 Å². The third-order valence-corrected chi connectivity index (χ3v) is 3.98. The highest BCUT2D eigenvalue weighted by atomic mass is 16.5. The molecule has 92 valence electrons. The molecule has 0 radical (unpaired) electrons. The quantitative estimate of drug-likeness (QED) is 0.812. The molecule has 1 saturated carbocycles. The lowest BCUT2D eigenvalue weighted by atomic mass is 9.87. The summed E-state index contributed by atoms with van der Waals surface area (Å²) in [7, 11) is 1.64. The Morgan fingerprint density at radius 1 is 1.35 bits per heavy atom. The van der Waals surface area contributed by atoms with Crippen molar-refractivity contribution in [2.24, 2.45) is 0 Å². The lowest BCUT2D eigenvalue weighted by Gasteiger charge is -2.38. The van der Waals surface area contributed by atoms with Gasteiger partial charge in [-0.15, -0.1) is 0 Å². The van der Waals surface area contributed by atoms with E-state index in [1.165, 1.54) is 12.8 Å². The molecule has 3 rings (SSSR count). The summed E-state index contributed by atoms with van der Waals surface area (Å²) in [6, 6.07) is 5.68. The molecule has 0 aromatic heterocycles. The summed E-state index contributed by atoms with van der Waals surface area (Å²) in [5.41, 5.74) is 0.753. The zero-order valence-electron chi connectivity index (χ0n) is 10.1. The number of ether oxygens (including phenoxy) is 2. The van der Waals surface area contributed by atoms with E-state index in [4.69, 9.17) is 9.47 Å². The summed E-state index contributed by atoms with van der Waals surface area (Å²) in [5, 5.41) is 10.3. The van der Waals surface area contributed by atoms with E-state index >= 15 is 0 Å². The predicted molar refractivity (Wildman–Crippen MR) is 64.4 cm³/mol. The van der Waals surface area contributed by atoms with Crippen LogP contribution in [-0.4, -0.2) is 17.8 Å². The minimum absolute atomic E-state index is 0.110. The predicted octanol–water partition coefficient (Wildman–Crippen LogP) is 2.82. The summed E-state index contributed by atoms with van der Waals surface area (Å²) in [5.74, 6) is 1.60. The van der Waals surface area contributed by atoms with Crippen molar-refractivity contribution in [1.82, 2.24) is 0 Å². The van der Waals surface area contributed by atoms with Crippen LogP contribution in [0.5, 0.6) is 11.5 Å². The Hall–Kier alpha value is -1.22. The minimum Gasteiger partial charge on any atom is -0.497 e. The highest BCUT2D eigenvalue weighted by Crippen LogP contribution is 2.47. The van der Waals surface area contributed by atoms with E-state index in [9.17, 15) is 5.11 Å². The summed E-state index contributed by atoms with van der Waals surface area (Å²) in [6.45, 7) is 0. The summed E-state index contributed by atoms with van der Waals surface area (Å²) >= 11 is 0. The zero-order chi connectivity index (χ0) is 11.9. The van der Waals surface area contributed by atoms with Crippen molar-refractivity contribution >= 4 is 0 Å². The number of rotatable bonds is 1. The van der Waals surface area contributed by atoms with Crippen LogP contribution in [0.15, 0.2) is 18.2 Å². The van der Waals surface area contributed by atoms with Crippen LogP contribution in [0.25, 0.3) is 0 Å². The molecule has 0 unspecified atom stereocenters. The van der Waals surface area contributed by atoms with Crippen molar-refractivity contribution in [2.45, 2.75) is 43.8 Å². The summed E-state index contributed by atoms with van der Waals surface area (Å²) in [6.07, 6.45) is 4.83. The monoisotopic (exact) mass is 234 g/mol. The van der Waals surface area contributed by atoms with Crippen LogP contribution in [0.4, 0.5) is 0 Å². The fourth-order valence-corrected chi connectivity index (χ4v) is 3.07. The summed E-state index contributed by atoms with van der Waals surface area (Å²) < 4.78 is 11.3. The Morgan fingerprint density at radius 3 is 2.82 bits per heavy atom. The number of methoxy groups -OCH3 is 1. The number of aliphatic hydroxyl groups excluding tert-OH is 1. The van der Waals surface area contributed by atoms with Crippen LogP contribution in [0.3, 0.4) is 0 Å². The number of aliphatic hydroxyl groups is 1. The molecule has 0 bridgehead atoms. The molecule has 1 aromatic rings. The molecule has 3 heteroatoms. The van der Waals surface area contributed by atoms with Gasteiger partial charge in [-0.1, -0.05) is 0 Å². The molecule has 1 heterocycles. The van der Waals surface area contributed by atoms with E-state index in [1.54, 1.807) is 7.11 Å². The van der Waals surface area contributed by atoms with Crippen molar-refractivity contribution < 1.29 is 14.6 Å². The molecule has 2 aliphatic rings. The van der Waals surface area contributed by atoms with Gasteiger partial charge >= 0.3 is 0 Å². The number of benzene rings is 1. The van der Waals surface area contributed by atoms with E-state index in [-0.39, 0.29) is 5.60 Å². The lowest BCUT2D eigenvalue weighted by molar-refractivity contribution is -0.00952. The van der Waals surface area contributed by atoms with Gasteiger partial charge in [-0.3, -0.25) is 0 Å². The second-order valence-corrected chi connectivity index (χ2v) is 5.12. The Labute approximate surface area is 101 Å². The van der Waals surface area contributed by atoms with Crippen LogP contribution in [0.2, 0.25) is 0 Å². The Kier molecular flexibility index (Phi) is 2.51. The first-order chi connectivity index (χ1) is 8.22. The molecular formula is C14H18O3. The van der Waals surface area contributed by atoms with Crippen molar-refractivity contribution in [3.63, 3.8) is 0 Å². The molecule has 1 atom stereocenters. The average Bonchev–Trinajstić information content (AvgIpc) is 2.77. The SMILES string of the molecule is COc1ccc2c(c1)[C@H](O)CC1(CCCC1)O2. The fourth-order valence-electron chi connectivity index (χ4n) is 3.07. The van der Waals surface area contributed by atoms with Gasteiger partial charge in [-0.2, -0.15) is 0 Å². The molecule has 1 aliphatic carbocycles. The Bertz CT molecular complexity index is 421. The maximum Gasteiger partial charge on any atom is 0.126 e. The molecule has 1 aliphatic heterocycles. The average molecular weight is 234 g/mol. The van der Waals surface area contributed by atoms with E-state index in [0.717, 1.165) is 29.9 Å². The van der Waals surface area contributed by atoms with E-state index in [2.05, 4.69) is 0 Å². The topological polar surface area (TPSA) is 38.7 Å². The van der Waals surface area contributed by atoms with Gasteiger partial charge in [-0.05, 0) is 43.9 Å². The highest BCUT2D eigenvalue weighted by molar-refractivity contribution is 5.43. The Morgan fingerprint density at radius 2 is 2.12 bits per heavy atom. The first kappa shape index (κ1) is 10.9. The maximum absolute atomic E-state index is 10.3. The third kappa shape index (κ3) is 1.78. The number of fused-ring (bicyclic) bond motifs is 1. The maximum atomic E-state index is 10.3. The smallest absolute Gasteiger partial charge is 0.126 e. The molecule has 0 amide bonds. The molecule has 1 spiro atoms. The van der Waals surface area contributed by atoms with Gasteiger partial charge in [0.05, 0.1) is 13.2 Å². The molecule has 0 saturated heterocycles. The fraction of sp³-hybridized carbons (Fsp3) is 0.571. The van der Waals surface area contributed by atoms with Crippen molar-refractivity contribution in [1.29, 1.82) is 0 Å². The normalized spacial score (nSPS) is 25.4. The summed E-state index contributed by atoms with van der Waals surface area (Å²) in [4.78, 5) is 0.